The fourth-order valence-corrected chi connectivity index (χ4v) is 3.52. The quantitative estimate of drug-likeness (QED) is 0.674. The Morgan fingerprint density at radius 3 is 2.48 bits per heavy atom. The summed E-state index contributed by atoms with van der Waals surface area (Å²) in [4.78, 5) is 17.6. The maximum atomic E-state index is 10.8. The zero-order valence-electron chi connectivity index (χ0n) is 12.0. The Balaban J connectivity index is 0.00000161. The summed E-state index contributed by atoms with van der Waals surface area (Å²) in [6.07, 6.45) is 3.43. The van der Waals surface area contributed by atoms with E-state index >= 15 is 0 Å². The molecule has 0 amide bonds. The molecule has 1 aromatic heterocycles. The molecule has 4 nitrogen and oxygen atoms in total. The molecule has 1 aliphatic heterocycles. The van der Waals surface area contributed by atoms with Gasteiger partial charge in [-0.1, -0.05) is 18.2 Å². The van der Waals surface area contributed by atoms with Crippen molar-refractivity contribution in [2.75, 3.05) is 18.0 Å². The van der Waals surface area contributed by atoms with Crippen molar-refractivity contribution in [3.8, 4) is 0 Å². The van der Waals surface area contributed by atoms with E-state index in [0.29, 0.717) is 5.92 Å². The Bertz CT molecular complexity index is 595. The first-order valence-electron chi connectivity index (χ1n) is 6.71. The monoisotopic (exact) mass is 294 g/mol. The number of piperidine rings is 1. The molecule has 0 unspecified atom stereocenters. The van der Waals surface area contributed by atoms with Crippen molar-refractivity contribution < 1.29 is 28.8 Å². The molecule has 21 heavy (non-hydrogen) atoms. The van der Waals surface area contributed by atoms with Crippen molar-refractivity contribution >= 4 is 23.0 Å². The van der Waals surface area contributed by atoms with Gasteiger partial charge < -0.3 is 14.8 Å². The van der Waals surface area contributed by atoms with Gasteiger partial charge in [-0.25, -0.2) is 4.98 Å². The van der Waals surface area contributed by atoms with Gasteiger partial charge in [-0.05, 0) is 25.0 Å². The Labute approximate surface area is 140 Å². The van der Waals surface area contributed by atoms with E-state index in [9.17, 15) is 9.90 Å². The van der Waals surface area contributed by atoms with Crippen LogP contribution in [0.15, 0.2) is 36.5 Å². The number of carboxylic acid groups (broad SMARTS) is 1. The predicted octanol–water partition coefficient (Wildman–Crippen LogP) is -1.11. The molecular weight excluding hydrogens is 279 g/mol. The van der Waals surface area contributed by atoms with Gasteiger partial charge in [0.05, 0.1) is 15.9 Å². The van der Waals surface area contributed by atoms with Crippen molar-refractivity contribution in [2.45, 2.75) is 18.8 Å². The number of carbonyl (C=O) groups excluding carboxylic acids is 1. The first kappa shape index (κ1) is 16.1. The number of hydrogen-bond donors (Lipinski definition) is 0. The number of thiazole rings is 1. The van der Waals surface area contributed by atoms with Crippen molar-refractivity contribution in [1.82, 2.24) is 4.98 Å². The number of aromatic carboxylic acids is 1. The zero-order chi connectivity index (χ0) is 13.9. The minimum Gasteiger partial charge on any atom is -0.544 e. The maximum Gasteiger partial charge on any atom is 1.00 e. The van der Waals surface area contributed by atoms with E-state index in [2.05, 4.69) is 22.0 Å². The Hall–Kier alpha value is -1.28. The molecule has 104 valence electrons. The number of rotatable bonds is 3. The number of hydrogen-bond acceptors (Lipinski definition) is 5. The summed E-state index contributed by atoms with van der Waals surface area (Å²) in [5.41, 5.74) is 1.25. The molecule has 0 spiro atoms. The van der Waals surface area contributed by atoms with E-state index in [1.54, 1.807) is 0 Å². The second kappa shape index (κ2) is 7.12. The molecule has 2 aromatic rings. The van der Waals surface area contributed by atoms with Gasteiger partial charge in [-0.3, -0.25) is 0 Å². The van der Waals surface area contributed by atoms with E-state index in [-0.39, 0.29) is 23.7 Å². The first-order valence-corrected chi connectivity index (χ1v) is 7.53. The van der Waals surface area contributed by atoms with Crippen molar-refractivity contribution in [2.24, 2.45) is 0 Å². The molecule has 0 N–H and O–H groups in total. The van der Waals surface area contributed by atoms with E-state index < -0.39 is 5.97 Å². The average molecular weight is 294 g/mol. The second-order valence-electron chi connectivity index (χ2n) is 4.95. The number of carboxylic acids is 1. The maximum absolute atomic E-state index is 10.8. The van der Waals surface area contributed by atoms with Gasteiger partial charge in [0, 0.05) is 30.9 Å². The molecule has 1 aromatic carbocycles. The van der Waals surface area contributed by atoms with E-state index in [4.69, 9.17) is 0 Å². The molecular formula is C15H15LiN2O2S. The molecule has 0 saturated carbocycles. The molecule has 3 rings (SSSR count). The fraction of sp³-hybridized carbons (Fsp3) is 0.333. The Morgan fingerprint density at radius 1 is 1.24 bits per heavy atom. The van der Waals surface area contributed by atoms with Crippen LogP contribution in [0, 0.1) is 0 Å². The van der Waals surface area contributed by atoms with Gasteiger partial charge in [0.15, 0.2) is 0 Å². The molecule has 0 bridgehead atoms. The third-order valence-electron chi connectivity index (χ3n) is 3.69. The fourth-order valence-electron chi connectivity index (χ4n) is 2.59. The van der Waals surface area contributed by atoms with Gasteiger partial charge in [0.1, 0.15) is 0 Å². The smallest absolute Gasteiger partial charge is 0.544 e. The number of para-hydroxylation sites is 1. The molecule has 0 radical (unpaired) electrons. The summed E-state index contributed by atoms with van der Waals surface area (Å²) in [6, 6.07) is 10.4. The molecule has 1 fully saturated rings. The van der Waals surface area contributed by atoms with Crippen LogP contribution in [0.2, 0.25) is 0 Å². The number of benzene rings is 1. The Morgan fingerprint density at radius 2 is 1.90 bits per heavy atom. The van der Waals surface area contributed by atoms with Gasteiger partial charge in [-0.2, -0.15) is 0 Å². The number of nitrogens with zero attached hydrogens (tertiary/aromatic N) is 2. The van der Waals surface area contributed by atoms with Crippen molar-refractivity contribution in [3.05, 3.63) is 46.4 Å². The summed E-state index contributed by atoms with van der Waals surface area (Å²) < 4.78 is 0. The average Bonchev–Trinajstić information content (AvgIpc) is 2.98. The van der Waals surface area contributed by atoms with Crippen LogP contribution in [0.1, 0.15) is 33.4 Å². The molecule has 2 heterocycles. The van der Waals surface area contributed by atoms with Gasteiger partial charge >= 0.3 is 18.9 Å². The number of anilines is 1. The molecule has 6 heteroatoms. The summed E-state index contributed by atoms with van der Waals surface area (Å²) in [7, 11) is 0. The topological polar surface area (TPSA) is 56.3 Å². The first-order chi connectivity index (χ1) is 9.74. The van der Waals surface area contributed by atoms with Gasteiger partial charge in [0.25, 0.3) is 0 Å². The summed E-state index contributed by atoms with van der Waals surface area (Å²) in [6.45, 7) is 1.96. The molecule has 0 aliphatic carbocycles. The minimum absolute atomic E-state index is 0. The van der Waals surface area contributed by atoms with Crippen LogP contribution >= 0.6 is 11.3 Å². The number of carbonyl (C=O) groups is 1. The SMILES string of the molecule is O=C([O-])c1cnc(C2CCN(c3ccccc3)CC2)s1.[Li+]. The molecule has 1 aliphatic rings. The van der Waals surface area contributed by atoms with Crippen molar-refractivity contribution in [3.63, 3.8) is 0 Å². The summed E-state index contributed by atoms with van der Waals surface area (Å²) in [5.74, 6) is -0.761. The van der Waals surface area contributed by atoms with E-state index in [1.807, 2.05) is 18.2 Å². The predicted molar refractivity (Wildman–Crippen MR) is 77.1 cm³/mol. The second-order valence-corrected chi connectivity index (χ2v) is 6.01. The largest absolute Gasteiger partial charge is 1.00 e. The minimum atomic E-state index is -1.13. The van der Waals surface area contributed by atoms with E-state index in [1.165, 1.54) is 23.2 Å². The zero-order valence-corrected chi connectivity index (χ0v) is 12.8. The number of aromatic nitrogens is 1. The van der Waals surface area contributed by atoms with Crippen LogP contribution in [0.25, 0.3) is 0 Å². The van der Waals surface area contributed by atoms with Crippen LogP contribution in [0.4, 0.5) is 5.69 Å². The van der Waals surface area contributed by atoms with Crippen LogP contribution in [0.5, 0.6) is 0 Å². The third-order valence-corrected chi connectivity index (χ3v) is 4.83. The van der Waals surface area contributed by atoms with E-state index in [0.717, 1.165) is 30.9 Å². The summed E-state index contributed by atoms with van der Waals surface area (Å²) in [5, 5.41) is 11.7. The van der Waals surface area contributed by atoms with Crippen LogP contribution in [0.3, 0.4) is 0 Å². The third kappa shape index (κ3) is 3.68. The van der Waals surface area contributed by atoms with Crippen LogP contribution < -0.4 is 28.9 Å². The van der Waals surface area contributed by atoms with Crippen LogP contribution in [-0.4, -0.2) is 24.0 Å². The van der Waals surface area contributed by atoms with Crippen molar-refractivity contribution in [1.29, 1.82) is 0 Å². The van der Waals surface area contributed by atoms with Gasteiger partial charge in [0.2, 0.25) is 0 Å². The normalized spacial score (nSPS) is 15.5. The van der Waals surface area contributed by atoms with Gasteiger partial charge in [-0.15, -0.1) is 11.3 Å². The molecule has 1 saturated heterocycles. The molecule has 0 atom stereocenters. The Kier molecular flexibility index (Phi) is 5.46. The summed E-state index contributed by atoms with van der Waals surface area (Å²) >= 11 is 1.25. The standard InChI is InChI=1S/C15H16N2O2S.Li/c18-15(19)13-10-16-14(20-13)11-6-8-17(9-7-11)12-4-2-1-3-5-12;/h1-5,10-11H,6-9H2,(H,18,19);/q;+1/p-1. The van der Waals surface area contributed by atoms with Crippen LogP contribution in [-0.2, 0) is 0 Å².